The largest absolute Gasteiger partial charge is 0.507 e. The van der Waals surface area contributed by atoms with E-state index < -0.39 is 6.16 Å². The van der Waals surface area contributed by atoms with Crippen LogP contribution in [-0.4, -0.2) is 19.9 Å². The van der Waals surface area contributed by atoms with Crippen LogP contribution < -0.4 is 0 Å². The highest BCUT2D eigenvalue weighted by atomic mass is 16.7. The van der Waals surface area contributed by atoms with Gasteiger partial charge in [0.15, 0.2) is 0 Å². The van der Waals surface area contributed by atoms with E-state index in [1.54, 1.807) is 0 Å². The lowest BCUT2D eigenvalue weighted by molar-refractivity contribution is 0.0691. The van der Waals surface area contributed by atoms with E-state index in [1.807, 2.05) is 0 Å². The molecule has 0 aromatic heterocycles. The Hall–Kier alpha value is -0.730. The van der Waals surface area contributed by atoms with Crippen LogP contribution >= 0.6 is 0 Å². The summed E-state index contributed by atoms with van der Waals surface area (Å²) in [6.07, 6.45) is 1.82. The van der Waals surface area contributed by atoms with E-state index >= 15 is 0 Å². The van der Waals surface area contributed by atoms with Gasteiger partial charge < -0.3 is 9.47 Å². The molecule has 1 fully saturated rings. The second-order valence-electron chi connectivity index (χ2n) is 2.21. The average Bonchev–Trinajstić information content (AvgIpc) is 2.65. The molecule has 52 valence electrons. The van der Waals surface area contributed by atoms with Crippen molar-refractivity contribution in [1.29, 1.82) is 0 Å². The summed E-state index contributed by atoms with van der Waals surface area (Å²) in [5.74, 6) is 0.615. The fraction of sp³-hybridized carbons (Fsp3) is 0.833. The lowest BCUT2D eigenvalue weighted by Crippen LogP contribution is -2.06. The topological polar surface area (TPSA) is 35.5 Å². The average molecular weight is 130 g/mol. The van der Waals surface area contributed by atoms with Crippen LogP contribution in [0.25, 0.3) is 0 Å². The molecule has 3 nitrogen and oxygen atoms in total. The summed E-state index contributed by atoms with van der Waals surface area (Å²) < 4.78 is 8.92. The van der Waals surface area contributed by atoms with Gasteiger partial charge in [0, 0.05) is 0 Å². The van der Waals surface area contributed by atoms with Gasteiger partial charge in [0.1, 0.15) is 0 Å². The SMILES string of the molecule is COC(=O)OCC1CC1. The molecule has 0 unspecified atom stereocenters. The van der Waals surface area contributed by atoms with Gasteiger partial charge in [0.2, 0.25) is 0 Å². The van der Waals surface area contributed by atoms with Crippen LogP contribution in [0.5, 0.6) is 0 Å². The predicted octanol–water partition coefficient (Wildman–Crippen LogP) is 1.18. The Bertz CT molecular complexity index is 107. The van der Waals surface area contributed by atoms with Crippen LogP contribution in [0.4, 0.5) is 4.79 Å². The number of rotatable bonds is 2. The quantitative estimate of drug-likeness (QED) is 0.526. The molecule has 0 aromatic rings. The van der Waals surface area contributed by atoms with Crippen LogP contribution in [0.2, 0.25) is 0 Å². The van der Waals surface area contributed by atoms with Crippen molar-refractivity contribution in [1.82, 2.24) is 0 Å². The Balaban J connectivity index is 1.96. The van der Waals surface area contributed by atoms with Gasteiger partial charge in [-0.3, -0.25) is 0 Å². The summed E-state index contributed by atoms with van der Waals surface area (Å²) in [6.45, 7) is 0.534. The molecule has 0 heterocycles. The lowest BCUT2D eigenvalue weighted by Gasteiger charge is -1.98. The number of ether oxygens (including phenoxy) is 2. The highest BCUT2D eigenvalue weighted by Gasteiger charge is 2.22. The van der Waals surface area contributed by atoms with Gasteiger partial charge in [-0.05, 0) is 18.8 Å². The Morgan fingerprint density at radius 1 is 1.67 bits per heavy atom. The lowest BCUT2D eigenvalue weighted by atomic mass is 10.5. The molecular weight excluding hydrogens is 120 g/mol. The molecule has 1 rings (SSSR count). The molecule has 0 amide bonds. The van der Waals surface area contributed by atoms with Crippen LogP contribution in [0, 0.1) is 5.92 Å². The maximum absolute atomic E-state index is 10.3. The number of hydrogen-bond acceptors (Lipinski definition) is 3. The standard InChI is InChI=1S/C6H10O3/c1-8-6(7)9-4-5-2-3-5/h5H,2-4H2,1H3. The zero-order valence-electron chi connectivity index (χ0n) is 5.42. The fourth-order valence-electron chi connectivity index (χ4n) is 0.529. The second kappa shape index (κ2) is 2.71. The first-order valence-electron chi connectivity index (χ1n) is 3.03. The molecule has 9 heavy (non-hydrogen) atoms. The number of carbonyl (C=O) groups excluding carboxylic acids is 1. The van der Waals surface area contributed by atoms with E-state index in [1.165, 1.54) is 20.0 Å². The monoisotopic (exact) mass is 130 g/mol. The summed E-state index contributed by atoms with van der Waals surface area (Å²) in [5, 5.41) is 0. The van der Waals surface area contributed by atoms with E-state index in [9.17, 15) is 4.79 Å². The van der Waals surface area contributed by atoms with Crippen LogP contribution in [0.3, 0.4) is 0 Å². The summed E-state index contributed by atoms with van der Waals surface area (Å²) in [5.41, 5.74) is 0. The van der Waals surface area contributed by atoms with Crippen LogP contribution in [0.15, 0.2) is 0 Å². The summed E-state index contributed by atoms with van der Waals surface area (Å²) in [6, 6.07) is 0. The van der Waals surface area contributed by atoms with Gasteiger partial charge in [-0.2, -0.15) is 0 Å². The van der Waals surface area contributed by atoms with E-state index in [-0.39, 0.29) is 0 Å². The molecule has 0 atom stereocenters. The fourth-order valence-corrected chi connectivity index (χ4v) is 0.529. The molecule has 0 aliphatic heterocycles. The molecule has 3 heteroatoms. The zero-order valence-corrected chi connectivity index (χ0v) is 5.42. The minimum Gasteiger partial charge on any atom is -0.438 e. The molecule has 0 bridgehead atoms. The van der Waals surface area contributed by atoms with E-state index in [2.05, 4.69) is 9.47 Å². The Labute approximate surface area is 53.9 Å². The van der Waals surface area contributed by atoms with Crippen LogP contribution in [0.1, 0.15) is 12.8 Å². The van der Waals surface area contributed by atoms with Crippen molar-refractivity contribution in [2.75, 3.05) is 13.7 Å². The van der Waals surface area contributed by atoms with E-state index in [0.29, 0.717) is 12.5 Å². The van der Waals surface area contributed by atoms with Crippen LogP contribution in [-0.2, 0) is 9.47 Å². The molecule has 0 radical (unpaired) electrons. The Kier molecular flexibility index (Phi) is 1.92. The normalized spacial score (nSPS) is 17.0. The summed E-state index contributed by atoms with van der Waals surface area (Å²) in [7, 11) is 1.31. The maximum atomic E-state index is 10.3. The third kappa shape index (κ3) is 2.35. The van der Waals surface area contributed by atoms with Crippen molar-refractivity contribution < 1.29 is 14.3 Å². The number of carbonyl (C=O) groups is 1. The molecule has 1 aliphatic carbocycles. The molecule has 1 saturated carbocycles. The Morgan fingerprint density at radius 2 is 2.33 bits per heavy atom. The first kappa shape index (κ1) is 6.39. The van der Waals surface area contributed by atoms with Gasteiger partial charge in [0.05, 0.1) is 13.7 Å². The van der Waals surface area contributed by atoms with Gasteiger partial charge in [-0.1, -0.05) is 0 Å². The van der Waals surface area contributed by atoms with Gasteiger partial charge in [-0.15, -0.1) is 0 Å². The van der Waals surface area contributed by atoms with E-state index in [4.69, 9.17) is 0 Å². The highest BCUT2D eigenvalue weighted by Crippen LogP contribution is 2.28. The third-order valence-corrected chi connectivity index (χ3v) is 1.30. The molecule has 0 saturated heterocycles. The number of methoxy groups -OCH3 is 1. The van der Waals surface area contributed by atoms with Gasteiger partial charge in [0.25, 0.3) is 0 Å². The predicted molar refractivity (Wildman–Crippen MR) is 31.1 cm³/mol. The molecule has 0 aromatic carbocycles. The summed E-state index contributed by atoms with van der Waals surface area (Å²) >= 11 is 0. The van der Waals surface area contributed by atoms with E-state index in [0.717, 1.165) is 0 Å². The van der Waals surface area contributed by atoms with Crippen molar-refractivity contribution >= 4 is 6.16 Å². The van der Waals surface area contributed by atoms with Crippen molar-refractivity contribution in [2.45, 2.75) is 12.8 Å². The minimum atomic E-state index is -0.568. The van der Waals surface area contributed by atoms with Crippen molar-refractivity contribution in [3.8, 4) is 0 Å². The molecular formula is C6H10O3. The second-order valence-corrected chi connectivity index (χ2v) is 2.21. The first-order valence-corrected chi connectivity index (χ1v) is 3.03. The first-order chi connectivity index (χ1) is 4.33. The van der Waals surface area contributed by atoms with Gasteiger partial charge in [-0.25, -0.2) is 4.79 Å². The highest BCUT2D eigenvalue weighted by molar-refractivity contribution is 5.59. The zero-order chi connectivity index (χ0) is 6.69. The smallest absolute Gasteiger partial charge is 0.438 e. The molecule has 0 N–H and O–H groups in total. The third-order valence-electron chi connectivity index (χ3n) is 1.30. The Morgan fingerprint density at radius 3 is 2.78 bits per heavy atom. The number of hydrogen-bond donors (Lipinski definition) is 0. The van der Waals surface area contributed by atoms with Crippen molar-refractivity contribution in [3.63, 3.8) is 0 Å². The minimum absolute atomic E-state index is 0.534. The maximum Gasteiger partial charge on any atom is 0.507 e. The molecule has 1 aliphatic rings. The van der Waals surface area contributed by atoms with Crippen molar-refractivity contribution in [3.05, 3.63) is 0 Å². The van der Waals surface area contributed by atoms with Crippen molar-refractivity contribution in [2.24, 2.45) is 5.92 Å². The van der Waals surface area contributed by atoms with Gasteiger partial charge >= 0.3 is 6.16 Å². The summed E-state index contributed by atoms with van der Waals surface area (Å²) in [4.78, 5) is 10.3. The molecule has 0 spiro atoms.